The Morgan fingerprint density at radius 2 is 2.37 bits per heavy atom. The SMILES string of the molecule is CC(C)SCc1noc(-c2cn(C3CNC3)nn2)n1. The molecular formula is C11H16N6OS. The van der Waals surface area contributed by atoms with Gasteiger partial charge in [-0.1, -0.05) is 24.2 Å². The van der Waals surface area contributed by atoms with E-state index in [2.05, 4.69) is 39.6 Å². The lowest BCUT2D eigenvalue weighted by molar-refractivity contribution is 0.313. The van der Waals surface area contributed by atoms with Gasteiger partial charge in [0.1, 0.15) is 0 Å². The summed E-state index contributed by atoms with van der Waals surface area (Å²) in [7, 11) is 0. The molecular weight excluding hydrogens is 264 g/mol. The predicted octanol–water partition coefficient (Wildman–Crippen LogP) is 1.11. The van der Waals surface area contributed by atoms with Crippen molar-refractivity contribution < 1.29 is 4.52 Å². The summed E-state index contributed by atoms with van der Waals surface area (Å²) in [6, 6.07) is 0.389. The van der Waals surface area contributed by atoms with Gasteiger partial charge in [-0.3, -0.25) is 0 Å². The normalized spacial score (nSPS) is 15.9. The number of hydrogen-bond acceptors (Lipinski definition) is 7. The van der Waals surface area contributed by atoms with Gasteiger partial charge in [0.25, 0.3) is 5.89 Å². The van der Waals surface area contributed by atoms with E-state index in [4.69, 9.17) is 4.52 Å². The second-order valence-corrected chi connectivity index (χ2v) is 6.34. The fourth-order valence-corrected chi connectivity index (χ4v) is 2.27. The quantitative estimate of drug-likeness (QED) is 0.878. The first kappa shape index (κ1) is 12.6. The van der Waals surface area contributed by atoms with Crippen LogP contribution in [0.1, 0.15) is 25.7 Å². The van der Waals surface area contributed by atoms with Crippen LogP contribution in [-0.4, -0.2) is 43.5 Å². The monoisotopic (exact) mass is 280 g/mol. The third-order valence-corrected chi connectivity index (χ3v) is 3.97. The number of aromatic nitrogens is 5. The van der Waals surface area contributed by atoms with E-state index in [-0.39, 0.29) is 0 Å². The van der Waals surface area contributed by atoms with Crippen LogP contribution in [0.3, 0.4) is 0 Å². The summed E-state index contributed by atoms with van der Waals surface area (Å²) < 4.78 is 7.07. The molecule has 102 valence electrons. The van der Waals surface area contributed by atoms with Gasteiger partial charge in [0.2, 0.25) is 0 Å². The van der Waals surface area contributed by atoms with Crippen molar-refractivity contribution in [2.75, 3.05) is 13.1 Å². The maximum Gasteiger partial charge on any atom is 0.280 e. The summed E-state index contributed by atoms with van der Waals surface area (Å²) in [4.78, 5) is 4.34. The van der Waals surface area contributed by atoms with Gasteiger partial charge < -0.3 is 9.84 Å². The van der Waals surface area contributed by atoms with Crippen LogP contribution in [0.2, 0.25) is 0 Å². The Labute approximate surface area is 115 Å². The number of nitrogens with zero attached hydrogens (tertiary/aromatic N) is 5. The van der Waals surface area contributed by atoms with Gasteiger partial charge in [0.05, 0.1) is 18.0 Å². The van der Waals surface area contributed by atoms with Gasteiger partial charge in [-0.15, -0.1) is 5.10 Å². The van der Waals surface area contributed by atoms with Crippen molar-refractivity contribution in [3.8, 4) is 11.6 Å². The van der Waals surface area contributed by atoms with Gasteiger partial charge in [0.15, 0.2) is 11.5 Å². The average molecular weight is 280 g/mol. The maximum absolute atomic E-state index is 5.22. The average Bonchev–Trinajstić information content (AvgIpc) is 2.91. The predicted molar refractivity (Wildman–Crippen MR) is 71.7 cm³/mol. The van der Waals surface area contributed by atoms with E-state index in [1.165, 1.54) is 0 Å². The molecule has 0 spiro atoms. The summed E-state index contributed by atoms with van der Waals surface area (Å²) in [5, 5.41) is 15.9. The standard InChI is InChI=1S/C11H16N6OS/c1-7(2)19-6-10-13-11(18-15-10)9-5-17(16-14-9)8-3-12-4-8/h5,7-8,12H,3-4,6H2,1-2H3. The molecule has 2 aromatic heterocycles. The Morgan fingerprint density at radius 3 is 3.05 bits per heavy atom. The summed E-state index contributed by atoms with van der Waals surface area (Å²) in [6.07, 6.45) is 1.86. The molecule has 1 fully saturated rings. The van der Waals surface area contributed by atoms with Crippen LogP contribution in [0.5, 0.6) is 0 Å². The van der Waals surface area contributed by atoms with Crippen molar-refractivity contribution in [1.29, 1.82) is 0 Å². The van der Waals surface area contributed by atoms with E-state index in [1.807, 2.05) is 10.9 Å². The van der Waals surface area contributed by atoms with E-state index >= 15 is 0 Å². The first-order valence-electron chi connectivity index (χ1n) is 6.29. The molecule has 0 atom stereocenters. The molecule has 3 heterocycles. The largest absolute Gasteiger partial charge is 0.332 e. The van der Waals surface area contributed by atoms with Gasteiger partial charge >= 0.3 is 0 Å². The van der Waals surface area contributed by atoms with E-state index < -0.39 is 0 Å². The summed E-state index contributed by atoms with van der Waals surface area (Å²) in [6.45, 7) is 6.15. The lowest BCUT2D eigenvalue weighted by Gasteiger charge is -2.26. The van der Waals surface area contributed by atoms with Crippen LogP contribution in [0.15, 0.2) is 10.7 Å². The lowest BCUT2D eigenvalue weighted by atomic mass is 10.2. The molecule has 7 nitrogen and oxygen atoms in total. The summed E-state index contributed by atoms with van der Waals surface area (Å²) in [5.41, 5.74) is 0.639. The van der Waals surface area contributed by atoms with Crippen molar-refractivity contribution in [3.05, 3.63) is 12.0 Å². The molecule has 0 saturated carbocycles. The molecule has 1 N–H and O–H groups in total. The minimum absolute atomic E-state index is 0.389. The molecule has 0 unspecified atom stereocenters. The first-order chi connectivity index (χ1) is 9.22. The Kier molecular flexibility index (Phi) is 3.52. The molecule has 1 aliphatic heterocycles. The van der Waals surface area contributed by atoms with Crippen LogP contribution < -0.4 is 5.32 Å². The van der Waals surface area contributed by atoms with E-state index in [0.29, 0.717) is 28.7 Å². The van der Waals surface area contributed by atoms with Crippen LogP contribution >= 0.6 is 11.8 Å². The highest BCUT2D eigenvalue weighted by atomic mass is 32.2. The smallest absolute Gasteiger partial charge is 0.280 e. The second-order valence-electron chi connectivity index (χ2n) is 4.77. The topological polar surface area (TPSA) is 81.7 Å². The zero-order chi connectivity index (χ0) is 13.2. The number of rotatable bonds is 5. The zero-order valence-electron chi connectivity index (χ0n) is 10.9. The Hall–Kier alpha value is -1.41. The van der Waals surface area contributed by atoms with Crippen molar-refractivity contribution in [2.45, 2.75) is 30.9 Å². The Bertz CT molecular complexity index is 547. The van der Waals surface area contributed by atoms with Gasteiger partial charge in [-0.05, 0) is 5.25 Å². The van der Waals surface area contributed by atoms with Gasteiger partial charge in [-0.2, -0.15) is 16.7 Å². The lowest BCUT2D eigenvalue weighted by Crippen LogP contribution is -2.43. The second kappa shape index (κ2) is 5.30. The minimum atomic E-state index is 0.389. The maximum atomic E-state index is 5.22. The van der Waals surface area contributed by atoms with Gasteiger partial charge in [-0.25, -0.2) is 4.68 Å². The Balaban J connectivity index is 1.69. The molecule has 1 saturated heterocycles. The number of hydrogen-bond donors (Lipinski definition) is 1. The van der Waals surface area contributed by atoms with Gasteiger partial charge in [0, 0.05) is 13.1 Å². The highest BCUT2D eigenvalue weighted by molar-refractivity contribution is 7.99. The van der Waals surface area contributed by atoms with Crippen molar-refractivity contribution in [1.82, 2.24) is 30.5 Å². The molecule has 0 radical (unpaired) electrons. The fourth-order valence-electron chi connectivity index (χ4n) is 1.67. The Morgan fingerprint density at radius 1 is 1.53 bits per heavy atom. The third-order valence-electron chi connectivity index (χ3n) is 2.88. The first-order valence-corrected chi connectivity index (χ1v) is 7.34. The molecule has 2 aromatic rings. The third kappa shape index (κ3) is 2.79. The molecule has 0 amide bonds. The van der Waals surface area contributed by atoms with Crippen molar-refractivity contribution >= 4 is 11.8 Å². The van der Waals surface area contributed by atoms with E-state index in [1.54, 1.807) is 11.8 Å². The van der Waals surface area contributed by atoms with Crippen molar-refractivity contribution in [2.24, 2.45) is 0 Å². The highest BCUT2D eigenvalue weighted by Gasteiger charge is 2.21. The van der Waals surface area contributed by atoms with Crippen LogP contribution in [0.25, 0.3) is 11.6 Å². The number of thioether (sulfide) groups is 1. The highest BCUT2D eigenvalue weighted by Crippen LogP contribution is 2.20. The minimum Gasteiger partial charge on any atom is -0.332 e. The molecule has 19 heavy (non-hydrogen) atoms. The molecule has 1 aliphatic rings. The van der Waals surface area contributed by atoms with Crippen LogP contribution in [0.4, 0.5) is 0 Å². The number of nitrogens with one attached hydrogen (secondary N) is 1. The fraction of sp³-hybridized carbons (Fsp3) is 0.636. The van der Waals surface area contributed by atoms with Crippen LogP contribution in [-0.2, 0) is 5.75 Å². The molecule has 0 aromatic carbocycles. The molecule has 8 heteroatoms. The summed E-state index contributed by atoms with van der Waals surface area (Å²) >= 11 is 1.78. The van der Waals surface area contributed by atoms with E-state index in [9.17, 15) is 0 Å². The van der Waals surface area contributed by atoms with Crippen molar-refractivity contribution in [3.63, 3.8) is 0 Å². The zero-order valence-corrected chi connectivity index (χ0v) is 11.7. The summed E-state index contributed by atoms with van der Waals surface area (Å²) in [5.74, 6) is 1.90. The van der Waals surface area contributed by atoms with Crippen LogP contribution in [0, 0.1) is 0 Å². The molecule has 0 aliphatic carbocycles. The molecule has 3 rings (SSSR count). The van der Waals surface area contributed by atoms with E-state index in [0.717, 1.165) is 18.8 Å². The molecule has 0 bridgehead atoms.